The summed E-state index contributed by atoms with van der Waals surface area (Å²) in [5.41, 5.74) is 1.13. The van der Waals surface area contributed by atoms with E-state index < -0.39 is 14.5 Å². The van der Waals surface area contributed by atoms with Crippen molar-refractivity contribution in [1.82, 2.24) is 0 Å². The lowest BCUT2D eigenvalue weighted by atomic mass is 9.84. The van der Waals surface area contributed by atoms with E-state index in [4.69, 9.17) is 23.2 Å². The molecule has 0 aromatic heterocycles. The van der Waals surface area contributed by atoms with Gasteiger partial charge < -0.3 is 0 Å². The third-order valence-electron chi connectivity index (χ3n) is 4.08. The molecule has 0 spiro atoms. The van der Waals surface area contributed by atoms with Gasteiger partial charge in [-0.3, -0.25) is 4.55 Å². The molecule has 1 fully saturated rings. The zero-order valence-electron chi connectivity index (χ0n) is 12.0. The van der Waals surface area contributed by atoms with E-state index in [1.807, 2.05) is 6.92 Å². The molecule has 1 N–H and O–H groups in total. The van der Waals surface area contributed by atoms with Crippen LogP contribution in [-0.2, 0) is 14.5 Å². The van der Waals surface area contributed by atoms with E-state index in [2.05, 4.69) is 0 Å². The highest BCUT2D eigenvalue weighted by Crippen LogP contribution is 2.45. The van der Waals surface area contributed by atoms with Crippen LogP contribution in [0.15, 0.2) is 23.1 Å². The zero-order valence-corrected chi connectivity index (χ0v) is 14.3. The maximum atomic E-state index is 11.5. The van der Waals surface area contributed by atoms with E-state index >= 15 is 0 Å². The fraction of sp³-hybridized carbons (Fsp3) is 0.600. The Morgan fingerprint density at radius 3 is 2.43 bits per heavy atom. The van der Waals surface area contributed by atoms with E-state index in [1.165, 1.54) is 12.5 Å². The first kappa shape index (κ1) is 17.1. The summed E-state index contributed by atoms with van der Waals surface area (Å²) in [7, 11) is -4.34. The Balaban J connectivity index is 2.36. The molecule has 2 rings (SSSR count). The van der Waals surface area contributed by atoms with Crippen LogP contribution in [0.25, 0.3) is 0 Å². The van der Waals surface area contributed by atoms with Gasteiger partial charge in [0.1, 0.15) is 9.23 Å². The normalized spacial score (nSPS) is 17.9. The Hall–Kier alpha value is -0.290. The SMILES string of the molecule is Cc1ccc(S(=O)(=O)O)c(C(Cl)(Cl)CC2CCCCC2)c1. The van der Waals surface area contributed by atoms with Gasteiger partial charge in [0.15, 0.2) is 0 Å². The van der Waals surface area contributed by atoms with Gasteiger partial charge in [-0.1, -0.05) is 73.0 Å². The molecule has 118 valence electrons. The number of benzene rings is 1. The standard InChI is InChI=1S/C15H20Cl2O3S/c1-11-7-8-14(21(18,19)20)13(9-11)15(16,17)10-12-5-3-2-4-6-12/h7-9,12H,2-6,10H2,1H3,(H,18,19,20). The molecule has 6 heteroatoms. The predicted molar refractivity (Wildman–Crippen MR) is 85.6 cm³/mol. The van der Waals surface area contributed by atoms with E-state index in [9.17, 15) is 13.0 Å². The van der Waals surface area contributed by atoms with Crippen molar-refractivity contribution < 1.29 is 13.0 Å². The third kappa shape index (κ3) is 4.35. The molecule has 1 aromatic carbocycles. The maximum absolute atomic E-state index is 11.5. The van der Waals surface area contributed by atoms with Crippen molar-refractivity contribution in [3.05, 3.63) is 29.3 Å². The topological polar surface area (TPSA) is 54.4 Å². The molecule has 3 nitrogen and oxygen atoms in total. The van der Waals surface area contributed by atoms with Crippen molar-refractivity contribution in [2.45, 2.75) is 54.7 Å². The molecule has 0 unspecified atom stereocenters. The lowest BCUT2D eigenvalue weighted by molar-refractivity contribution is 0.326. The predicted octanol–water partition coefficient (Wildman–Crippen LogP) is 4.84. The molecule has 1 saturated carbocycles. The minimum Gasteiger partial charge on any atom is -0.282 e. The zero-order chi connectivity index (χ0) is 15.7. The minimum absolute atomic E-state index is 0.200. The molecule has 1 aliphatic rings. The fourth-order valence-electron chi connectivity index (χ4n) is 3.02. The molecule has 0 amide bonds. The van der Waals surface area contributed by atoms with E-state index in [-0.39, 0.29) is 10.5 Å². The van der Waals surface area contributed by atoms with Crippen molar-refractivity contribution >= 4 is 33.3 Å². The van der Waals surface area contributed by atoms with Crippen LogP contribution < -0.4 is 0 Å². The van der Waals surface area contributed by atoms with Crippen LogP contribution in [0.3, 0.4) is 0 Å². The second kappa shape index (κ2) is 6.45. The van der Waals surface area contributed by atoms with Crippen molar-refractivity contribution in [2.24, 2.45) is 5.92 Å². The summed E-state index contributed by atoms with van der Waals surface area (Å²) in [5, 5.41) is 0. The van der Waals surface area contributed by atoms with Gasteiger partial charge in [0.05, 0.1) is 0 Å². The van der Waals surface area contributed by atoms with Crippen molar-refractivity contribution in [2.75, 3.05) is 0 Å². The van der Waals surface area contributed by atoms with Crippen LogP contribution in [0.4, 0.5) is 0 Å². The average molecular weight is 351 g/mol. The number of alkyl halides is 2. The summed E-state index contributed by atoms with van der Waals surface area (Å²) < 4.78 is 31.2. The van der Waals surface area contributed by atoms with Crippen LogP contribution in [0.5, 0.6) is 0 Å². The van der Waals surface area contributed by atoms with E-state index in [0.717, 1.165) is 31.2 Å². The molecule has 1 aliphatic carbocycles. The van der Waals surface area contributed by atoms with Crippen LogP contribution in [0.2, 0.25) is 0 Å². The van der Waals surface area contributed by atoms with Crippen molar-refractivity contribution in [1.29, 1.82) is 0 Å². The van der Waals surface area contributed by atoms with Gasteiger partial charge in [-0.2, -0.15) is 8.42 Å². The number of aryl methyl sites for hydroxylation is 1. The second-order valence-electron chi connectivity index (χ2n) is 5.89. The van der Waals surface area contributed by atoms with Gasteiger partial charge in [0.2, 0.25) is 0 Å². The van der Waals surface area contributed by atoms with E-state index in [0.29, 0.717) is 12.3 Å². The van der Waals surface area contributed by atoms with Crippen molar-refractivity contribution in [3.8, 4) is 0 Å². The lowest BCUT2D eigenvalue weighted by Gasteiger charge is -2.29. The minimum atomic E-state index is -4.34. The summed E-state index contributed by atoms with van der Waals surface area (Å²) in [6, 6.07) is 4.63. The number of rotatable bonds is 4. The Morgan fingerprint density at radius 2 is 1.86 bits per heavy atom. The average Bonchev–Trinajstić information content (AvgIpc) is 2.38. The van der Waals surface area contributed by atoms with E-state index in [1.54, 1.807) is 12.1 Å². The molecule has 0 radical (unpaired) electrons. The van der Waals surface area contributed by atoms with Crippen LogP contribution >= 0.6 is 23.2 Å². The fourth-order valence-corrected chi connectivity index (χ4v) is 4.63. The largest absolute Gasteiger partial charge is 0.294 e. The van der Waals surface area contributed by atoms with Crippen LogP contribution in [0, 0.1) is 12.8 Å². The quantitative estimate of drug-likeness (QED) is 0.624. The highest BCUT2D eigenvalue weighted by atomic mass is 35.5. The van der Waals surface area contributed by atoms with Crippen LogP contribution in [0.1, 0.15) is 49.7 Å². The van der Waals surface area contributed by atoms with Gasteiger partial charge in [-0.15, -0.1) is 0 Å². The highest BCUT2D eigenvalue weighted by Gasteiger charge is 2.35. The molecule has 21 heavy (non-hydrogen) atoms. The first-order chi connectivity index (χ1) is 9.70. The molecule has 0 bridgehead atoms. The Morgan fingerprint density at radius 1 is 1.24 bits per heavy atom. The summed E-state index contributed by atoms with van der Waals surface area (Å²) in [5.74, 6) is 0.392. The Labute approximate surface area is 136 Å². The molecule has 0 aliphatic heterocycles. The summed E-state index contributed by atoms with van der Waals surface area (Å²) in [6.45, 7) is 1.84. The molecule has 0 atom stereocenters. The number of halogens is 2. The monoisotopic (exact) mass is 350 g/mol. The third-order valence-corrected chi connectivity index (χ3v) is 5.70. The molecule has 0 saturated heterocycles. The van der Waals surface area contributed by atoms with Gasteiger partial charge in [0.25, 0.3) is 10.1 Å². The number of hydrogen-bond donors (Lipinski definition) is 1. The second-order valence-corrected chi connectivity index (χ2v) is 8.76. The summed E-state index contributed by atoms with van der Waals surface area (Å²) in [4.78, 5) is -0.200. The first-order valence-electron chi connectivity index (χ1n) is 7.16. The Kier molecular flexibility index (Phi) is 5.24. The molecule has 0 heterocycles. The summed E-state index contributed by atoms with van der Waals surface area (Å²) in [6.07, 6.45) is 6.18. The smallest absolute Gasteiger partial charge is 0.282 e. The molecular formula is C15H20Cl2O3S. The highest BCUT2D eigenvalue weighted by molar-refractivity contribution is 7.85. The van der Waals surface area contributed by atoms with Gasteiger partial charge in [0, 0.05) is 5.56 Å². The summed E-state index contributed by atoms with van der Waals surface area (Å²) >= 11 is 12.9. The lowest BCUT2D eigenvalue weighted by Crippen LogP contribution is -2.21. The van der Waals surface area contributed by atoms with Gasteiger partial charge in [-0.05, 0) is 25.3 Å². The molecular weight excluding hydrogens is 331 g/mol. The Bertz CT molecular complexity index is 605. The van der Waals surface area contributed by atoms with Crippen molar-refractivity contribution in [3.63, 3.8) is 0 Å². The number of hydrogen-bond acceptors (Lipinski definition) is 2. The molecule has 1 aromatic rings. The van der Waals surface area contributed by atoms with Gasteiger partial charge >= 0.3 is 0 Å². The van der Waals surface area contributed by atoms with Crippen LogP contribution in [-0.4, -0.2) is 13.0 Å². The first-order valence-corrected chi connectivity index (χ1v) is 9.36. The maximum Gasteiger partial charge on any atom is 0.294 e. The van der Waals surface area contributed by atoms with Gasteiger partial charge in [-0.25, -0.2) is 0 Å².